The quantitative estimate of drug-likeness (QED) is 0.551. The standard InChI is InChI=1S/C27H27ClN4O3/c28-23-7-3-1-6-21(23)17-31-18-22(9-10-25(31)33)27(35)30-15-13-29(14-16-30)19-26(34)32-12-11-20-5-2-4-8-24(20)32/h1-10,18H,11-17,19H2. The molecule has 3 heterocycles. The molecule has 180 valence electrons. The second-order valence-electron chi connectivity index (χ2n) is 8.97. The van der Waals surface area contributed by atoms with Crippen molar-refractivity contribution < 1.29 is 9.59 Å². The molecule has 0 spiro atoms. The van der Waals surface area contributed by atoms with Gasteiger partial charge in [-0.2, -0.15) is 0 Å². The van der Waals surface area contributed by atoms with Crippen LogP contribution in [0.15, 0.2) is 71.7 Å². The van der Waals surface area contributed by atoms with E-state index in [2.05, 4.69) is 11.0 Å². The SMILES string of the molecule is O=C(c1ccc(=O)n(Cc2ccccc2Cl)c1)N1CCN(CC(=O)N2CCc3ccccc32)CC1. The Morgan fingerprint density at radius 3 is 2.40 bits per heavy atom. The van der Waals surface area contributed by atoms with Crippen LogP contribution in [0.1, 0.15) is 21.5 Å². The molecule has 0 atom stereocenters. The predicted octanol–water partition coefficient (Wildman–Crippen LogP) is 2.90. The van der Waals surface area contributed by atoms with Gasteiger partial charge in [0.1, 0.15) is 0 Å². The molecule has 1 saturated heterocycles. The summed E-state index contributed by atoms with van der Waals surface area (Å²) in [4.78, 5) is 44.2. The molecule has 0 aliphatic carbocycles. The molecule has 1 aromatic heterocycles. The molecule has 5 rings (SSSR count). The molecular weight excluding hydrogens is 464 g/mol. The minimum absolute atomic E-state index is 0.0985. The average molecular weight is 491 g/mol. The molecule has 2 aliphatic rings. The number of anilines is 1. The van der Waals surface area contributed by atoms with Crippen molar-refractivity contribution in [2.75, 3.05) is 44.2 Å². The van der Waals surface area contributed by atoms with Crippen molar-refractivity contribution in [2.24, 2.45) is 0 Å². The highest BCUT2D eigenvalue weighted by Gasteiger charge is 2.28. The highest BCUT2D eigenvalue weighted by molar-refractivity contribution is 6.31. The van der Waals surface area contributed by atoms with Gasteiger partial charge in [0.05, 0.1) is 18.7 Å². The van der Waals surface area contributed by atoms with Crippen molar-refractivity contribution in [3.8, 4) is 0 Å². The van der Waals surface area contributed by atoms with E-state index >= 15 is 0 Å². The Hall–Kier alpha value is -3.42. The summed E-state index contributed by atoms with van der Waals surface area (Å²) in [5.41, 5.74) is 3.33. The first kappa shape index (κ1) is 23.3. The number of hydrogen-bond donors (Lipinski definition) is 0. The summed E-state index contributed by atoms with van der Waals surface area (Å²) < 4.78 is 1.51. The van der Waals surface area contributed by atoms with Crippen molar-refractivity contribution in [1.82, 2.24) is 14.4 Å². The molecule has 8 heteroatoms. The van der Waals surface area contributed by atoms with Gasteiger partial charge in [0.25, 0.3) is 11.5 Å². The Labute approximate surface area is 209 Å². The van der Waals surface area contributed by atoms with Crippen LogP contribution in [0.25, 0.3) is 0 Å². The minimum atomic E-state index is -0.187. The zero-order chi connectivity index (χ0) is 24.4. The van der Waals surface area contributed by atoms with E-state index < -0.39 is 0 Å². The summed E-state index contributed by atoms with van der Waals surface area (Å²) in [7, 11) is 0. The van der Waals surface area contributed by atoms with E-state index in [1.165, 1.54) is 16.2 Å². The molecule has 0 bridgehead atoms. The number of halogens is 1. The van der Waals surface area contributed by atoms with Crippen LogP contribution in [-0.2, 0) is 17.8 Å². The Morgan fingerprint density at radius 1 is 0.857 bits per heavy atom. The van der Waals surface area contributed by atoms with Crippen molar-refractivity contribution in [3.63, 3.8) is 0 Å². The van der Waals surface area contributed by atoms with E-state index in [9.17, 15) is 14.4 Å². The topological polar surface area (TPSA) is 65.9 Å². The lowest BCUT2D eigenvalue weighted by atomic mass is 10.2. The first-order chi connectivity index (χ1) is 17.0. The molecule has 1 fully saturated rings. The third kappa shape index (κ3) is 5.01. The Morgan fingerprint density at radius 2 is 1.60 bits per heavy atom. The van der Waals surface area contributed by atoms with Crippen molar-refractivity contribution in [3.05, 3.63) is 98.9 Å². The van der Waals surface area contributed by atoms with Crippen LogP contribution in [0.3, 0.4) is 0 Å². The average Bonchev–Trinajstić information content (AvgIpc) is 3.31. The first-order valence-electron chi connectivity index (χ1n) is 11.8. The number of carbonyl (C=O) groups excluding carboxylic acids is 2. The van der Waals surface area contributed by atoms with Crippen LogP contribution < -0.4 is 10.5 Å². The number of hydrogen-bond acceptors (Lipinski definition) is 4. The molecule has 3 aromatic rings. The Bertz CT molecular complexity index is 1310. The maximum absolute atomic E-state index is 13.1. The highest BCUT2D eigenvalue weighted by atomic mass is 35.5. The van der Waals surface area contributed by atoms with E-state index in [4.69, 9.17) is 11.6 Å². The lowest BCUT2D eigenvalue weighted by Gasteiger charge is -2.35. The number of amides is 2. The lowest BCUT2D eigenvalue weighted by Crippen LogP contribution is -2.51. The number of rotatable bonds is 5. The van der Waals surface area contributed by atoms with E-state index in [0.29, 0.717) is 49.9 Å². The second-order valence-corrected chi connectivity index (χ2v) is 9.37. The maximum atomic E-state index is 13.1. The molecule has 2 aromatic carbocycles. The molecule has 2 amide bonds. The molecule has 2 aliphatic heterocycles. The van der Waals surface area contributed by atoms with Gasteiger partial charge in [-0.3, -0.25) is 19.3 Å². The Balaban J connectivity index is 1.19. The summed E-state index contributed by atoms with van der Waals surface area (Å²) in [5.74, 6) is -0.0151. The number of carbonyl (C=O) groups is 2. The van der Waals surface area contributed by atoms with Crippen molar-refractivity contribution in [1.29, 1.82) is 0 Å². The van der Waals surface area contributed by atoms with Crippen LogP contribution in [0.2, 0.25) is 5.02 Å². The van der Waals surface area contributed by atoms with Gasteiger partial charge >= 0.3 is 0 Å². The molecule has 0 radical (unpaired) electrons. The zero-order valence-corrected chi connectivity index (χ0v) is 20.2. The number of piperazine rings is 1. The van der Waals surface area contributed by atoms with Gasteiger partial charge in [-0.25, -0.2) is 0 Å². The number of pyridine rings is 1. The largest absolute Gasteiger partial charge is 0.336 e. The van der Waals surface area contributed by atoms with Gasteiger partial charge < -0.3 is 14.4 Å². The third-order valence-electron chi connectivity index (χ3n) is 6.74. The van der Waals surface area contributed by atoms with Gasteiger partial charge in [-0.15, -0.1) is 0 Å². The minimum Gasteiger partial charge on any atom is -0.336 e. The van der Waals surface area contributed by atoms with Gasteiger partial charge in [-0.05, 0) is 35.7 Å². The summed E-state index contributed by atoms with van der Waals surface area (Å²) in [5, 5.41) is 0.583. The third-order valence-corrected chi connectivity index (χ3v) is 7.10. The Kier molecular flexibility index (Phi) is 6.70. The number of benzene rings is 2. The van der Waals surface area contributed by atoms with Gasteiger partial charge in [0.2, 0.25) is 5.91 Å². The van der Waals surface area contributed by atoms with E-state index in [1.54, 1.807) is 23.2 Å². The van der Waals surface area contributed by atoms with E-state index in [1.807, 2.05) is 41.3 Å². The highest BCUT2D eigenvalue weighted by Crippen LogP contribution is 2.27. The molecule has 0 saturated carbocycles. The van der Waals surface area contributed by atoms with Crippen LogP contribution in [0.4, 0.5) is 5.69 Å². The number of para-hydroxylation sites is 1. The summed E-state index contributed by atoms with van der Waals surface area (Å²) in [6.45, 7) is 3.70. The number of fused-ring (bicyclic) bond motifs is 1. The zero-order valence-electron chi connectivity index (χ0n) is 19.4. The molecule has 7 nitrogen and oxygen atoms in total. The summed E-state index contributed by atoms with van der Waals surface area (Å²) in [6, 6.07) is 18.4. The van der Waals surface area contributed by atoms with Crippen molar-refractivity contribution in [2.45, 2.75) is 13.0 Å². The first-order valence-corrected chi connectivity index (χ1v) is 12.2. The van der Waals surface area contributed by atoms with Crippen LogP contribution in [0.5, 0.6) is 0 Å². The molecule has 0 N–H and O–H groups in total. The molecule has 35 heavy (non-hydrogen) atoms. The van der Waals surface area contributed by atoms with E-state index in [-0.39, 0.29) is 17.4 Å². The molecule has 0 unspecified atom stereocenters. The summed E-state index contributed by atoms with van der Waals surface area (Å²) >= 11 is 6.24. The van der Waals surface area contributed by atoms with Crippen molar-refractivity contribution >= 4 is 29.1 Å². The lowest BCUT2D eigenvalue weighted by molar-refractivity contribution is -0.120. The fourth-order valence-corrected chi connectivity index (χ4v) is 4.95. The smallest absolute Gasteiger partial charge is 0.255 e. The number of aromatic nitrogens is 1. The van der Waals surface area contributed by atoms with Gasteiger partial charge in [0, 0.05) is 55.7 Å². The second kappa shape index (κ2) is 10.1. The van der Waals surface area contributed by atoms with Gasteiger partial charge in [-0.1, -0.05) is 48.0 Å². The van der Waals surface area contributed by atoms with Gasteiger partial charge in [0.15, 0.2) is 0 Å². The number of nitrogens with zero attached hydrogens (tertiary/aromatic N) is 4. The van der Waals surface area contributed by atoms with Crippen LogP contribution in [0, 0.1) is 0 Å². The normalized spacial score (nSPS) is 15.8. The van der Waals surface area contributed by atoms with E-state index in [0.717, 1.165) is 24.2 Å². The summed E-state index contributed by atoms with van der Waals surface area (Å²) in [6.07, 6.45) is 2.50. The monoisotopic (exact) mass is 490 g/mol. The molecular formula is C27H27ClN4O3. The van der Waals surface area contributed by atoms with Crippen LogP contribution >= 0.6 is 11.6 Å². The fraction of sp³-hybridized carbons (Fsp3) is 0.296. The van der Waals surface area contributed by atoms with Crippen LogP contribution in [-0.4, -0.2) is 65.4 Å². The maximum Gasteiger partial charge on any atom is 0.255 e. The fourth-order valence-electron chi connectivity index (χ4n) is 4.76. The predicted molar refractivity (Wildman–Crippen MR) is 136 cm³/mol.